The topological polar surface area (TPSA) is 85.8 Å². The summed E-state index contributed by atoms with van der Waals surface area (Å²) in [5, 5.41) is 13.8. The highest BCUT2D eigenvalue weighted by Gasteiger charge is 2.13. The van der Waals surface area contributed by atoms with Gasteiger partial charge in [0, 0.05) is 5.69 Å². The van der Waals surface area contributed by atoms with E-state index >= 15 is 0 Å². The summed E-state index contributed by atoms with van der Waals surface area (Å²) >= 11 is 0. The molecule has 0 atom stereocenters. The Bertz CT molecular complexity index is 777. The number of aromatic nitrogens is 4. The van der Waals surface area contributed by atoms with Crippen molar-refractivity contribution in [3.63, 3.8) is 0 Å². The van der Waals surface area contributed by atoms with Gasteiger partial charge in [0.15, 0.2) is 0 Å². The molecule has 0 unspecified atom stereocenters. The van der Waals surface area contributed by atoms with Gasteiger partial charge in [0.25, 0.3) is 5.91 Å². The first kappa shape index (κ1) is 13.0. The lowest BCUT2D eigenvalue weighted by Crippen LogP contribution is -2.12. The van der Waals surface area contributed by atoms with Crippen LogP contribution in [-0.4, -0.2) is 26.1 Å². The van der Waals surface area contributed by atoms with E-state index in [4.69, 9.17) is 4.42 Å². The molecule has 0 fully saturated rings. The fourth-order valence-corrected chi connectivity index (χ4v) is 2.06. The van der Waals surface area contributed by atoms with Crippen molar-refractivity contribution in [2.24, 2.45) is 0 Å². The van der Waals surface area contributed by atoms with E-state index in [0.717, 1.165) is 5.69 Å². The normalized spacial score (nSPS) is 10.6. The van der Waals surface area contributed by atoms with Crippen molar-refractivity contribution >= 4 is 11.6 Å². The van der Waals surface area contributed by atoms with Crippen LogP contribution in [0, 0.1) is 13.8 Å². The third-order valence-corrected chi connectivity index (χ3v) is 3.00. The molecule has 0 aliphatic rings. The average Bonchev–Trinajstić information content (AvgIpc) is 3.08. The zero-order valence-corrected chi connectivity index (χ0v) is 11.6. The number of carbonyl (C=O) groups is 1. The van der Waals surface area contributed by atoms with Gasteiger partial charge in [-0.05, 0) is 48.5 Å². The molecule has 1 amide bonds. The number of furan rings is 1. The minimum absolute atomic E-state index is 0.210. The quantitative estimate of drug-likeness (QED) is 0.795. The van der Waals surface area contributed by atoms with Crippen LogP contribution in [0.4, 0.5) is 5.69 Å². The van der Waals surface area contributed by atoms with Crippen LogP contribution in [0.15, 0.2) is 41.1 Å². The molecule has 0 bridgehead atoms. The van der Waals surface area contributed by atoms with Crippen LogP contribution in [0.1, 0.15) is 21.9 Å². The SMILES string of the molecule is Cc1cc(C(=O)Nc2cccc(-n3cnnn3)c2)c(C)o1. The lowest BCUT2D eigenvalue weighted by atomic mass is 10.2. The van der Waals surface area contributed by atoms with E-state index in [0.29, 0.717) is 22.8 Å². The molecule has 0 aliphatic heterocycles. The second kappa shape index (κ2) is 5.20. The molecule has 3 aromatic rings. The van der Waals surface area contributed by atoms with Crippen molar-refractivity contribution in [2.75, 3.05) is 5.32 Å². The number of tetrazole rings is 1. The van der Waals surface area contributed by atoms with Crippen LogP contribution in [-0.2, 0) is 0 Å². The molecule has 1 aromatic carbocycles. The number of hydrogen-bond acceptors (Lipinski definition) is 5. The Hall–Kier alpha value is -2.96. The lowest BCUT2D eigenvalue weighted by molar-refractivity contribution is 0.102. The molecule has 0 radical (unpaired) electrons. The third kappa shape index (κ3) is 2.66. The Morgan fingerprint density at radius 2 is 2.14 bits per heavy atom. The summed E-state index contributed by atoms with van der Waals surface area (Å²) in [7, 11) is 0. The lowest BCUT2D eigenvalue weighted by Gasteiger charge is -2.06. The summed E-state index contributed by atoms with van der Waals surface area (Å²) in [5.74, 6) is 1.10. The van der Waals surface area contributed by atoms with Crippen molar-refractivity contribution in [1.29, 1.82) is 0 Å². The van der Waals surface area contributed by atoms with Crippen LogP contribution >= 0.6 is 0 Å². The number of carbonyl (C=O) groups excluding carboxylic acids is 1. The van der Waals surface area contributed by atoms with Gasteiger partial charge in [0.05, 0.1) is 11.3 Å². The van der Waals surface area contributed by atoms with Gasteiger partial charge in [-0.25, -0.2) is 4.68 Å². The predicted molar refractivity (Wildman–Crippen MR) is 75.3 cm³/mol. The molecule has 1 N–H and O–H groups in total. The molecular formula is C14H13N5O2. The molecule has 0 saturated carbocycles. The highest BCUT2D eigenvalue weighted by molar-refractivity contribution is 6.05. The van der Waals surface area contributed by atoms with E-state index in [1.807, 2.05) is 19.1 Å². The van der Waals surface area contributed by atoms with E-state index in [2.05, 4.69) is 20.8 Å². The second-order valence-corrected chi connectivity index (χ2v) is 4.59. The number of amides is 1. The first-order valence-electron chi connectivity index (χ1n) is 6.35. The summed E-state index contributed by atoms with van der Waals surface area (Å²) in [6.45, 7) is 3.57. The van der Waals surface area contributed by atoms with E-state index in [9.17, 15) is 4.79 Å². The summed E-state index contributed by atoms with van der Waals surface area (Å²) in [5.41, 5.74) is 1.95. The maximum atomic E-state index is 12.2. The largest absolute Gasteiger partial charge is 0.466 e. The van der Waals surface area contributed by atoms with Gasteiger partial charge in [-0.1, -0.05) is 6.07 Å². The highest BCUT2D eigenvalue weighted by Crippen LogP contribution is 2.18. The van der Waals surface area contributed by atoms with E-state index in [1.165, 1.54) is 11.0 Å². The Morgan fingerprint density at radius 1 is 1.29 bits per heavy atom. The predicted octanol–water partition coefficient (Wildman–Crippen LogP) is 2.12. The van der Waals surface area contributed by atoms with Crippen LogP contribution in [0.3, 0.4) is 0 Å². The molecule has 3 rings (SSSR count). The number of hydrogen-bond donors (Lipinski definition) is 1. The Balaban J connectivity index is 1.84. The van der Waals surface area contributed by atoms with E-state index in [1.54, 1.807) is 25.1 Å². The van der Waals surface area contributed by atoms with Gasteiger partial charge in [-0.15, -0.1) is 5.10 Å². The highest BCUT2D eigenvalue weighted by atomic mass is 16.3. The Labute approximate surface area is 120 Å². The number of benzene rings is 1. The minimum Gasteiger partial charge on any atom is -0.466 e. The summed E-state index contributed by atoms with van der Waals surface area (Å²) in [6.07, 6.45) is 1.49. The van der Waals surface area contributed by atoms with Crippen molar-refractivity contribution < 1.29 is 9.21 Å². The number of anilines is 1. The number of nitrogens with zero attached hydrogens (tertiary/aromatic N) is 4. The number of aryl methyl sites for hydroxylation is 2. The minimum atomic E-state index is -0.210. The van der Waals surface area contributed by atoms with Crippen molar-refractivity contribution in [3.05, 3.63) is 53.7 Å². The molecule has 2 heterocycles. The van der Waals surface area contributed by atoms with Crippen LogP contribution in [0.5, 0.6) is 0 Å². The Morgan fingerprint density at radius 3 is 2.81 bits per heavy atom. The summed E-state index contributed by atoms with van der Waals surface area (Å²) < 4.78 is 6.88. The van der Waals surface area contributed by atoms with E-state index < -0.39 is 0 Å². The molecule has 0 aliphatic carbocycles. The Kier molecular flexibility index (Phi) is 3.23. The van der Waals surface area contributed by atoms with Crippen molar-refractivity contribution in [1.82, 2.24) is 20.2 Å². The zero-order chi connectivity index (χ0) is 14.8. The molecule has 21 heavy (non-hydrogen) atoms. The average molecular weight is 283 g/mol. The third-order valence-electron chi connectivity index (χ3n) is 3.00. The fraction of sp³-hybridized carbons (Fsp3) is 0.143. The standard InChI is InChI=1S/C14H13N5O2/c1-9-6-13(10(2)21-9)14(20)16-11-4-3-5-12(7-11)19-8-15-17-18-19/h3-8H,1-2H3,(H,16,20). The zero-order valence-electron chi connectivity index (χ0n) is 11.6. The molecule has 106 valence electrons. The van der Waals surface area contributed by atoms with Crippen molar-refractivity contribution in [3.8, 4) is 5.69 Å². The van der Waals surface area contributed by atoms with Gasteiger partial charge >= 0.3 is 0 Å². The van der Waals surface area contributed by atoms with Crippen LogP contribution in [0.2, 0.25) is 0 Å². The number of rotatable bonds is 3. The fourth-order valence-electron chi connectivity index (χ4n) is 2.06. The van der Waals surface area contributed by atoms with Crippen molar-refractivity contribution in [2.45, 2.75) is 13.8 Å². The first-order chi connectivity index (χ1) is 10.1. The molecule has 0 spiro atoms. The maximum Gasteiger partial charge on any atom is 0.259 e. The van der Waals surface area contributed by atoms with Crippen LogP contribution in [0.25, 0.3) is 5.69 Å². The monoisotopic (exact) mass is 283 g/mol. The maximum absolute atomic E-state index is 12.2. The van der Waals surface area contributed by atoms with Gasteiger partial charge in [-0.3, -0.25) is 4.79 Å². The van der Waals surface area contributed by atoms with E-state index in [-0.39, 0.29) is 5.91 Å². The summed E-state index contributed by atoms with van der Waals surface area (Å²) in [4.78, 5) is 12.2. The summed E-state index contributed by atoms with van der Waals surface area (Å²) in [6, 6.07) is 8.97. The first-order valence-corrected chi connectivity index (χ1v) is 6.35. The van der Waals surface area contributed by atoms with Crippen LogP contribution < -0.4 is 5.32 Å². The van der Waals surface area contributed by atoms with Gasteiger partial charge in [0.2, 0.25) is 0 Å². The molecule has 2 aromatic heterocycles. The smallest absolute Gasteiger partial charge is 0.259 e. The molecule has 7 heteroatoms. The second-order valence-electron chi connectivity index (χ2n) is 4.59. The molecular weight excluding hydrogens is 270 g/mol. The number of nitrogens with one attached hydrogen (secondary N) is 1. The van der Waals surface area contributed by atoms with Gasteiger partial charge in [-0.2, -0.15) is 0 Å². The van der Waals surface area contributed by atoms with Gasteiger partial charge < -0.3 is 9.73 Å². The molecule has 0 saturated heterocycles. The van der Waals surface area contributed by atoms with Gasteiger partial charge in [0.1, 0.15) is 17.8 Å². The molecule has 7 nitrogen and oxygen atoms in total.